The molecule has 1 aliphatic rings. The lowest BCUT2D eigenvalue weighted by Crippen LogP contribution is -2.26. The second-order valence-corrected chi connectivity index (χ2v) is 5.98. The smallest absolute Gasteiger partial charge is 0.247 e. The van der Waals surface area contributed by atoms with E-state index in [1.807, 2.05) is 0 Å². The fraction of sp³-hybridized carbons (Fsp3) is 0.500. The highest BCUT2D eigenvalue weighted by atomic mass is 32.2. The van der Waals surface area contributed by atoms with Crippen LogP contribution in [0.5, 0.6) is 0 Å². The van der Waals surface area contributed by atoms with Crippen LogP contribution < -0.4 is 10.3 Å². The maximum absolute atomic E-state index is 11.7. The molecule has 2 N–H and O–H groups in total. The van der Waals surface area contributed by atoms with Crippen molar-refractivity contribution < 1.29 is 8.42 Å². The zero-order valence-electron chi connectivity index (χ0n) is 8.93. The Bertz CT molecular complexity index is 515. The summed E-state index contributed by atoms with van der Waals surface area (Å²) in [5, 5.41) is 0. The highest BCUT2D eigenvalue weighted by Crippen LogP contribution is 2.36. The molecule has 1 aliphatic carbocycles. The highest BCUT2D eigenvalue weighted by molar-refractivity contribution is 7.89. The van der Waals surface area contributed by atoms with E-state index in [4.69, 9.17) is 0 Å². The van der Waals surface area contributed by atoms with Crippen molar-refractivity contribution in [2.24, 2.45) is 11.8 Å². The van der Waals surface area contributed by atoms with Gasteiger partial charge in [-0.25, -0.2) is 13.1 Å². The molecule has 6 heteroatoms. The van der Waals surface area contributed by atoms with Crippen molar-refractivity contribution in [3.05, 3.63) is 28.7 Å². The molecular formula is C10H14N2O3S. The number of aromatic amines is 1. The van der Waals surface area contributed by atoms with Crippen molar-refractivity contribution in [2.45, 2.75) is 18.2 Å². The van der Waals surface area contributed by atoms with Gasteiger partial charge in [0.25, 0.3) is 0 Å². The summed E-state index contributed by atoms with van der Waals surface area (Å²) < 4.78 is 26.0. The first kappa shape index (κ1) is 11.3. The van der Waals surface area contributed by atoms with Gasteiger partial charge in [0.05, 0.1) is 4.90 Å². The Hall–Kier alpha value is -1.14. The summed E-state index contributed by atoms with van der Waals surface area (Å²) in [6, 6.07) is 2.51. The molecule has 0 radical (unpaired) electrons. The van der Waals surface area contributed by atoms with Crippen LogP contribution >= 0.6 is 0 Å². The first-order valence-electron chi connectivity index (χ1n) is 5.17. The Balaban J connectivity index is 2.06. The topological polar surface area (TPSA) is 79.0 Å². The van der Waals surface area contributed by atoms with E-state index < -0.39 is 10.0 Å². The molecule has 5 nitrogen and oxygen atoms in total. The van der Waals surface area contributed by atoms with Crippen molar-refractivity contribution in [3.63, 3.8) is 0 Å². The number of nitrogens with one attached hydrogen (secondary N) is 2. The van der Waals surface area contributed by atoms with Crippen LogP contribution in [0.1, 0.15) is 13.3 Å². The van der Waals surface area contributed by atoms with Crippen LogP contribution in [-0.2, 0) is 10.0 Å². The molecule has 1 fully saturated rings. The Labute approximate surface area is 93.9 Å². The van der Waals surface area contributed by atoms with Crippen LogP contribution in [0.15, 0.2) is 28.0 Å². The molecule has 1 aromatic rings. The molecule has 0 amide bonds. The largest absolute Gasteiger partial charge is 0.328 e. The summed E-state index contributed by atoms with van der Waals surface area (Å²) in [6.45, 7) is 2.57. The summed E-state index contributed by atoms with van der Waals surface area (Å²) in [7, 11) is -3.48. The van der Waals surface area contributed by atoms with E-state index in [9.17, 15) is 13.2 Å². The molecule has 2 rings (SSSR count). The minimum atomic E-state index is -3.48. The van der Waals surface area contributed by atoms with E-state index in [1.165, 1.54) is 18.3 Å². The van der Waals surface area contributed by atoms with Crippen molar-refractivity contribution in [3.8, 4) is 0 Å². The SMILES string of the molecule is CC1CC1CNS(=O)(=O)c1ccc(=O)[nH]c1. The fourth-order valence-corrected chi connectivity index (χ4v) is 2.61. The summed E-state index contributed by atoms with van der Waals surface area (Å²) in [5.41, 5.74) is -0.310. The van der Waals surface area contributed by atoms with Gasteiger partial charge in [0, 0.05) is 18.8 Å². The van der Waals surface area contributed by atoms with E-state index in [0.29, 0.717) is 18.4 Å². The second-order valence-electron chi connectivity index (χ2n) is 4.21. The first-order chi connectivity index (χ1) is 7.49. The molecule has 88 valence electrons. The van der Waals surface area contributed by atoms with Gasteiger partial charge in [0.1, 0.15) is 0 Å². The fourth-order valence-electron chi connectivity index (χ4n) is 1.55. The molecule has 1 saturated carbocycles. The standard InChI is InChI=1S/C10H14N2O3S/c1-7-4-8(7)5-12-16(14,15)9-2-3-10(13)11-6-9/h2-3,6-8,12H,4-5H2,1H3,(H,11,13). The van der Waals surface area contributed by atoms with Gasteiger partial charge in [0.15, 0.2) is 0 Å². The molecule has 0 bridgehead atoms. The first-order valence-corrected chi connectivity index (χ1v) is 6.66. The van der Waals surface area contributed by atoms with Crippen LogP contribution in [0.2, 0.25) is 0 Å². The lowest BCUT2D eigenvalue weighted by Gasteiger charge is -2.05. The van der Waals surface area contributed by atoms with E-state index >= 15 is 0 Å². The minimum absolute atomic E-state index is 0.0976. The third-order valence-corrected chi connectivity index (χ3v) is 4.30. The van der Waals surface area contributed by atoms with Gasteiger partial charge in [-0.1, -0.05) is 6.92 Å². The Kier molecular flexibility index (Phi) is 2.86. The lowest BCUT2D eigenvalue weighted by atomic mass is 10.3. The number of sulfonamides is 1. The van der Waals surface area contributed by atoms with Crippen LogP contribution in [0.25, 0.3) is 0 Å². The molecular weight excluding hydrogens is 228 g/mol. The number of H-pyrrole nitrogens is 1. The van der Waals surface area contributed by atoms with E-state index in [1.54, 1.807) is 0 Å². The normalized spacial score (nSPS) is 24.3. The lowest BCUT2D eigenvalue weighted by molar-refractivity contribution is 0.574. The summed E-state index contributed by atoms with van der Waals surface area (Å²) >= 11 is 0. The van der Waals surface area contributed by atoms with E-state index in [2.05, 4.69) is 16.6 Å². The van der Waals surface area contributed by atoms with E-state index in [-0.39, 0.29) is 10.5 Å². The minimum Gasteiger partial charge on any atom is -0.328 e. The molecule has 1 heterocycles. The maximum Gasteiger partial charge on any atom is 0.247 e. The van der Waals surface area contributed by atoms with Crippen molar-refractivity contribution in [2.75, 3.05) is 6.54 Å². The third-order valence-electron chi connectivity index (χ3n) is 2.88. The maximum atomic E-state index is 11.7. The molecule has 0 aromatic carbocycles. The average Bonchev–Trinajstić information content (AvgIpc) is 2.93. The molecule has 2 unspecified atom stereocenters. The van der Waals surface area contributed by atoms with Crippen molar-refractivity contribution in [1.82, 2.24) is 9.71 Å². The molecule has 2 atom stereocenters. The Morgan fingerprint density at radius 1 is 1.50 bits per heavy atom. The van der Waals surface area contributed by atoms with Crippen molar-refractivity contribution in [1.29, 1.82) is 0 Å². The van der Waals surface area contributed by atoms with Gasteiger partial charge < -0.3 is 4.98 Å². The highest BCUT2D eigenvalue weighted by Gasteiger charge is 2.33. The zero-order chi connectivity index (χ0) is 11.8. The molecule has 0 aliphatic heterocycles. The molecule has 0 spiro atoms. The Morgan fingerprint density at radius 2 is 2.19 bits per heavy atom. The average molecular weight is 242 g/mol. The number of pyridine rings is 1. The zero-order valence-corrected chi connectivity index (χ0v) is 9.75. The Morgan fingerprint density at radius 3 is 2.69 bits per heavy atom. The monoisotopic (exact) mass is 242 g/mol. The summed E-state index contributed by atoms with van der Waals surface area (Å²) in [6.07, 6.45) is 2.29. The second kappa shape index (κ2) is 4.03. The number of hydrogen-bond acceptors (Lipinski definition) is 3. The van der Waals surface area contributed by atoms with Crippen molar-refractivity contribution >= 4 is 10.0 Å². The van der Waals surface area contributed by atoms with Crippen LogP contribution in [-0.4, -0.2) is 19.9 Å². The number of rotatable bonds is 4. The van der Waals surface area contributed by atoms with Gasteiger partial charge in [-0.2, -0.15) is 0 Å². The number of aromatic nitrogens is 1. The van der Waals surface area contributed by atoms with Crippen LogP contribution in [0.4, 0.5) is 0 Å². The predicted molar refractivity (Wildman–Crippen MR) is 59.5 cm³/mol. The number of hydrogen-bond donors (Lipinski definition) is 2. The van der Waals surface area contributed by atoms with Crippen LogP contribution in [0.3, 0.4) is 0 Å². The summed E-state index contributed by atoms with van der Waals surface area (Å²) in [5.74, 6) is 1.07. The van der Waals surface area contributed by atoms with Gasteiger partial charge in [0.2, 0.25) is 15.6 Å². The van der Waals surface area contributed by atoms with Gasteiger partial charge in [-0.15, -0.1) is 0 Å². The predicted octanol–water partition coefficient (Wildman–Crippen LogP) is 0.309. The van der Waals surface area contributed by atoms with Gasteiger partial charge in [-0.3, -0.25) is 4.79 Å². The van der Waals surface area contributed by atoms with Crippen LogP contribution in [0, 0.1) is 11.8 Å². The third kappa shape index (κ3) is 2.51. The quantitative estimate of drug-likeness (QED) is 0.797. The molecule has 1 aromatic heterocycles. The summed E-state index contributed by atoms with van der Waals surface area (Å²) in [4.78, 5) is 13.2. The van der Waals surface area contributed by atoms with Gasteiger partial charge in [-0.05, 0) is 24.3 Å². The van der Waals surface area contributed by atoms with E-state index in [0.717, 1.165) is 6.42 Å². The molecule has 0 saturated heterocycles. The van der Waals surface area contributed by atoms with Gasteiger partial charge >= 0.3 is 0 Å². The molecule has 16 heavy (non-hydrogen) atoms.